The van der Waals surface area contributed by atoms with E-state index in [-0.39, 0.29) is 12.0 Å². The third-order valence-corrected chi connectivity index (χ3v) is 4.31. The molecule has 1 saturated heterocycles. The molecule has 4 nitrogen and oxygen atoms in total. The fourth-order valence-corrected chi connectivity index (χ4v) is 2.75. The van der Waals surface area contributed by atoms with Gasteiger partial charge in [0.05, 0.1) is 0 Å². The molecule has 5 heteroatoms. The van der Waals surface area contributed by atoms with E-state index in [9.17, 15) is 4.79 Å². The van der Waals surface area contributed by atoms with Gasteiger partial charge in [-0.25, -0.2) is 3.11 Å². The number of hydrogen-bond acceptors (Lipinski definition) is 3. The van der Waals surface area contributed by atoms with Crippen molar-refractivity contribution in [3.8, 4) is 0 Å². The van der Waals surface area contributed by atoms with Crippen molar-refractivity contribution in [2.24, 2.45) is 5.92 Å². The minimum atomic E-state index is -0.211. The van der Waals surface area contributed by atoms with Crippen LogP contribution in [-0.2, 0) is 9.53 Å². The van der Waals surface area contributed by atoms with Crippen molar-refractivity contribution < 1.29 is 9.53 Å². The Hall–Kier alpha value is 0.120. The van der Waals surface area contributed by atoms with Gasteiger partial charge in [0, 0.05) is 49.1 Å². The van der Waals surface area contributed by atoms with Gasteiger partial charge in [0.15, 0.2) is 0 Å². The second kappa shape index (κ2) is 5.64. The first-order valence-electron chi connectivity index (χ1n) is 5.94. The van der Waals surface area contributed by atoms with Crippen molar-refractivity contribution >= 4 is 28.8 Å². The lowest BCUT2D eigenvalue weighted by molar-refractivity contribution is -0.133. The summed E-state index contributed by atoms with van der Waals surface area (Å²) in [7, 11) is 1.63. The standard InChI is InChI=1S/C11H19IN2O2/c1-16-10(8-2-3-8)11(15)13-9-4-6-14(12)7-5-9/h8-10H,2-7H2,1H3,(H,13,15). The average molecular weight is 338 g/mol. The Kier molecular flexibility index (Phi) is 4.43. The predicted molar refractivity (Wildman–Crippen MR) is 70.3 cm³/mol. The van der Waals surface area contributed by atoms with E-state index >= 15 is 0 Å². The van der Waals surface area contributed by atoms with E-state index in [1.807, 2.05) is 0 Å². The summed E-state index contributed by atoms with van der Waals surface area (Å²) in [6, 6.07) is 0.343. The van der Waals surface area contributed by atoms with Gasteiger partial charge in [0.1, 0.15) is 6.10 Å². The van der Waals surface area contributed by atoms with E-state index in [4.69, 9.17) is 4.74 Å². The molecule has 1 aliphatic carbocycles. The Bertz CT molecular complexity index is 250. The fraction of sp³-hybridized carbons (Fsp3) is 0.909. The highest BCUT2D eigenvalue weighted by Gasteiger charge is 2.37. The minimum absolute atomic E-state index is 0.0944. The number of nitrogens with one attached hydrogen (secondary N) is 1. The van der Waals surface area contributed by atoms with E-state index in [2.05, 4.69) is 31.3 Å². The molecule has 1 aliphatic heterocycles. The smallest absolute Gasteiger partial charge is 0.249 e. The molecular weight excluding hydrogens is 319 g/mol. The first-order chi connectivity index (χ1) is 7.70. The van der Waals surface area contributed by atoms with Gasteiger partial charge >= 0.3 is 0 Å². The van der Waals surface area contributed by atoms with Gasteiger partial charge in [-0.1, -0.05) is 0 Å². The summed E-state index contributed by atoms with van der Waals surface area (Å²) in [6.07, 6.45) is 4.17. The minimum Gasteiger partial charge on any atom is -0.371 e. The van der Waals surface area contributed by atoms with Crippen LogP contribution in [-0.4, -0.2) is 41.4 Å². The number of nitrogens with zero attached hydrogens (tertiary/aromatic N) is 1. The lowest BCUT2D eigenvalue weighted by atomic mass is 10.1. The average Bonchev–Trinajstić information content (AvgIpc) is 3.07. The number of ether oxygens (including phenoxy) is 1. The van der Waals surface area contributed by atoms with Crippen molar-refractivity contribution in [1.29, 1.82) is 0 Å². The Morgan fingerprint density at radius 2 is 2.00 bits per heavy atom. The van der Waals surface area contributed by atoms with Crippen LogP contribution in [0.15, 0.2) is 0 Å². The number of carbonyl (C=O) groups excluding carboxylic acids is 1. The zero-order valence-corrected chi connectivity index (χ0v) is 11.8. The molecule has 2 rings (SSSR count). The lowest BCUT2D eigenvalue weighted by Gasteiger charge is -2.29. The Balaban J connectivity index is 1.77. The summed E-state index contributed by atoms with van der Waals surface area (Å²) in [5.74, 6) is 0.562. The molecule has 1 heterocycles. The maximum atomic E-state index is 12.0. The molecule has 0 aromatic carbocycles. The number of hydrogen-bond donors (Lipinski definition) is 1. The second-order valence-corrected chi connectivity index (χ2v) is 6.05. The van der Waals surface area contributed by atoms with E-state index in [0.717, 1.165) is 38.8 Å². The molecule has 0 spiro atoms. The number of halogens is 1. The van der Waals surface area contributed by atoms with Gasteiger partial charge in [0.25, 0.3) is 0 Å². The summed E-state index contributed by atoms with van der Waals surface area (Å²) in [4.78, 5) is 12.0. The molecule has 0 radical (unpaired) electrons. The Morgan fingerprint density at radius 3 is 2.50 bits per heavy atom. The van der Waals surface area contributed by atoms with Crippen LogP contribution in [0.4, 0.5) is 0 Å². The summed E-state index contributed by atoms with van der Waals surface area (Å²) >= 11 is 2.34. The van der Waals surface area contributed by atoms with Crippen LogP contribution in [0, 0.1) is 5.92 Å². The first-order valence-corrected chi connectivity index (χ1v) is 6.91. The Morgan fingerprint density at radius 1 is 1.38 bits per heavy atom. The number of piperidine rings is 1. The zero-order valence-electron chi connectivity index (χ0n) is 9.62. The van der Waals surface area contributed by atoms with Crippen molar-refractivity contribution in [3.63, 3.8) is 0 Å². The highest BCUT2D eigenvalue weighted by molar-refractivity contribution is 14.1. The molecule has 0 aromatic rings. The summed E-state index contributed by atoms with van der Waals surface area (Å²) < 4.78 is 7.55. The third kappa shape index (κ3) is 3.30. The molecule has 0 aromatic heterocycles. The number of methoxy groups -OCH3 is 1. The summed E-state index contributed by atoms with van der Waals surface area (Å²) in [5.41, 5.74) is 0. The van der Waals surface area contributed by atoms with Crippen LogP contribution < -0.4 is 5.32 Å². The molecule has 1 amide bonds. The molecule has 2 aliphatic rings. The van der Waals surface area contributed by atoms with Crippen LogP contribution in [0.5, 0.6) is 0 Å². The van der Waals surface area contributed by atoms with Crippen LogP contribution in [0.25, 0.3) is 0 Å². The molecule has 1 unspecified atom stereocenters. The van der Waals surface area contributed by atoms with Crippen LogP contribution in [0.2, 0.25) is 0 Å². The number of carbonyl (C=O) groups is 1. The molecule has 0 bridgehead atoms. The van der Waals surface area contributed by atoms with E-state index < -0.39 is 0 Å². The van der Waals surface area contributed by atoms with E-state index in [1.165, 1.54) is 0 Å². The van der Waals surface area contributed by atoms with Gasteiger partial charge in [-0.3, -0.25) is 4.79 Å². The summed E-state index contributed by atoms with van der Waals surface area (Å²) in [6.45, 7) is 2.12. The largest absolute Gasteiger partial charge is 0.371 e. The second-order valence-electron chi connectivity index (χ2n) is 4.69. The molecule has 1 N–H and O–H groups in total. The van der Waals surface area contributed by atoms with E-state index in [0.29, 0.717) is 12.0 Å². The van der Waals surface area contributed by atoms with Gasteiger partial charge in [0.2, 0.25) is 5.91 Å². The fourth-order valence-electron chi connectivity index (χ4n) is 2.19. The number of rotatable bonds is 4. The molecule has 16 heavy (non-hydrogen) atoms. The Labute approximate surface area is 111 Å². The monoisotopic (exact) mass is 338 g/mol. The van der Waals surface area contributed by atoms with Crippen LogP contribution >= 0.6 is 22.9 Å². The molecule has 2 fully saturated rings. The molecule has 1 atom stereocenters. The summed E-state index contributed by atoms with van der Waals surface area (Å²) in [5, 5.41) is 3.12. The van der Waals surface area contributed by atoms with Crippen molar-refractivity contribution in [2.45, 2.75) is 37.8 Å². The van der Waals surface area contributed by atoms with Crippen LogP contribution in [0.3, 0.4) is 0 Å². The highest BCUT2D eigenvalue weighted by Crippen LogP contribution is 2.34. The SMILES string of the molecule is COC(C(=O)NC1CCN(I)CC1)C1CC1. The van der Waals surface area contributed by atoms with Crippen molar-refractivity contribution in [3.05, 3.63) is 0 Å². The zero-order chi connectivity index (χ0) is 11.5. The lowest BCUT2D eigenvalue weighted by Crippen LogP contribution is -2.46. The van der Waals surface area contributed by atoms with Gasteiger partial charge in [-0.15, -0.1) is 0 Å². The van der Waals surface area contributed by atoms with Crippen molar-refractivity contribution in [2.75, 3.05) is 20.2 Å². The topological polar surface area (TPSA) is 41.6 Å². The quantitative estimate of drug-likeness (QED) is 0.621. The molecular formula is C11H19IN2O2. The maximum Gasteiger partial charge on any atom is 0.249 e. The third-order valence-electron chi connectivity index (χ3n) is 3.35. The predicted octanol–water partition coefficient (Wildman–Crippen LogP) is 1.34. The van der Waals surface area contributed by atoms with E-state index in [1.54, 1.807) is 7.11 Å². The van der Waals surface area contributed by atoms with Gasteiger partial charge < -0.3 is 10.1 Å². The van der Waals surface area contributed by atoms with Gasteiger partial charge in [-0.2, -0.15) is 0 Å². The molecule has 1 saturated carbocycles. The normalized spacial score (nSPS) is 25.4. The van der Waals surface area contributed by atoms with Crippen LogP contribution in [0.1, 0.15) is 25.7 Å². The van der Waals surface area contributed by atoms with Gasteiger partial charge in [-0.05, 0) is 31.6 Å². The molecule has 92 valence electrons. The van der Waals surface area contributed by atoms with Crippen molar-refractivity contribution in [1.82, 2.24) is 8.43 Å². The first kappa shape index (κ1) is 12.6. The highest BCUT2D eigenvalue weighted by atomic mass is 127. The number of amides is 1. The maximum absolute atomic E-state index is 12.0.